The molecule has 1 aliphatic carbocycles. The van der Waals surface area contributed by atoms with E-state index in [0.29, 0.717) is 6.04 Å². The molecule has 1 unspecified atom stereocenters. The van der Waals surface area contributed by atoms with Crippen LogP contribution in [0.4, 0.5) is 0 Å². The third-order valence-electron chi connectivity index (χ3n) is 4.91. The van der Waals surface area contributed by atoms with E-state index in [4.69, 9.17) is 0 Å². The van der Waals surface area contributed by atoms with Crippen molar-refractivity contribution >= 4 is 21.8 Å². The highest BCUT2D eigenvalue weighted by atomic mass is 79.9. The Morgan fingerprint density at radius 2 is 2.10 bits per heavy atom. The number of hydrogen-bond donors (Lipinski definition) is 2. The fraction of sp³-hybridized carbons (Fsp3) is 0.588. The first-order chi connectivity index (χ1) is 10.2. The predicted molar refractivity (Wildman–Crippen MR) is 88.3 cm³/mol. The van der Waals surface area contributed by atoms with Crippen molar-refractivity contribution in [2.24, 2.45) is 0 Å². The van der Waals surface area contributed by atoms with Gasteiger partial charge in [0.2, 0.25) is 5.91 Å². The molecule has 0 bridgehead atoms. The minimum absolute atomic E-state index is 0.231. The quantitative estimate of drug-likeness (QED) is 0.879. The average molecular weight is 351 g/mol. The molecule has 4 heteroatoms. The maximum atomic E-state index is 13.0. The molecule has 1 aromatic carbocycles. The van der Waals surface area contributed by atoms with Crippen LogP contribution in [-0.2, 0) is 10.2 Å². The second-order valence-corrected chi connectivity index (χ2v) is 7.23. The third-order valence-corrected chi connectivity index (χ3v) is 5.41. The van der Waals surface area contributed by atoms with E-state index >= 15 is 0 Å². The summed E-state index contributed by atoms with van der Waals surface area (Å²) in [5.74, 6) is 0.231. The number of amides is 1. The summed E-state index contributed by atoms with van der Waals surface area (Å²) in [5.41, 5.74) is 0.838. The first kappa shape index (κ1) is 15.0. The zero-order valence-corrected chi connectivity index (χ0v) is 13.9. The lowest BCUT2D eigenvalue weighted by atomic mass is 9.68. The first-order valence-corrected chi connectivity index (χ1v) is 8.78. The van der Waals surface area contributed by atoms with Gasteiger partial charge in [-0.2, -0.15) is 0 Å². The zero-order chi connectivity index (χ0) is 14.7. The molecule has 2 aliphatic rings. The van der Waals surface area contributed by atoms with Gasteiger partial charge in [0.05, 0.1) is 5.41 Å². The predicted octanol–water partition coefficient (Wildman–Crippen LogP) is 3.13. The van der Waals surface area contributed by atoms with E-state index in [1.54, 1.807) is 0 Å². The number of hydrogen-bond acceptors (Lipinski definition) is 2. The van der Waals surface area contributed by atoms with Gasteiger partial charge in [-0.25, -0.2) is 0 Å². The molecule has 1 saturated carbocycles. The van der Waals surface area contributed by atoms with Gasteiger partial charge in [-0.15, -0.1) is 0 Å². The van der Waals surface area contributed by atoms with Crippen molar-refractivity contribution in [3.63, 3.8) is 0 Å². The molecule has 2 N–H and O–H groups in total. The van der Waals surface area contributed by atoms with Gasteiger partial charge in [0.1, 0.15) is 0 Å². The van der Waals surface area contributed by atoms with Crippen molar-refractivity contribution in [1.82, 2.24) is 10.6 Å². The van der Waals surface area contributed by atoms with Gasteiger partial charge in [0, 0.05) is 17.1 Å². The molecule has 3 rings (SSSR count). The Hall–Kier alpha value is -0.870. The standard InChI is InChI=1S/C17H23BrN2O/c18-14-6-4-5-13(11-14)17(8-2-1-3-9-17)16(21)20-15-7-10-19-12-15/h4-6,11,15,19H,1-3,7-10,12H2,(H,20,21). The number of halogens is 1. The lowest BCUT2D eigenvalue weighted by Gasteiger charge is -2.37. The highest BCUT2D eigenvalue weighted by molar-refractivity contribution is 9.10. The summed E-state index contributed by atoms with van der Waals surface area (Å²) in [5, 5.41) is 6.61. The summed E-state index contributed by atoms with van der Waals surface area (Å²) in [6.07, 6.45) is 6.50. The summed E-state index contributed by atoms with van der Waals surface area (Å²) in [6.45, 7) is 1.91. The van der Waals surface area contributed by atoms with E-state index in [1.165, 1.54) is 12.0 Å². The Morgan fingerprint density at radius 1 is 1.29 bits per heavy atom. The van der Waals surface area contributed by atoms with Crippen LogP contribution in [0.5, 0.6) is 0 Å². The molecule has 1 saturated heterocycles. The molecule has 1 amide bonds. The highest BCUT2D eigenvalue weighted by Crippen LogP contribution is 2.40. The molecule has 1 heterocycles. The van der Waals surface area contributed by atoms with Crippen molar-refractivity contribution < 1.29 is 4.79 Å². The summed E-state index contributed by atoms with van der Waals surface area (Å²) in [4.78, 5) is 13.0. The average Bonchev–Trinajstić information content (AvgIpc) is 3.01. The number of rotatable bonds is 3. The molecule has 1 atom stereocenters. The summed E-state index contributed by atoms with van der Waals surface area (Å²) in [6, 6.07) is 8.60. The SMILES string of the molecule is O=C(NC1CCNC1)C1(c2cccc(Br)c2)CCCCC1. The van der Waals surface area contributed by atoms with Crippen molar-refractivity contribution in [3.8, 4) is 0 Å². The van der Waals surface area contributed by atoms with Crippen LogP contribution in [0.1, 0.15) is 44.1 Å². The Morgan fingerprint density at radius 3 is 2.76 bits per heavy atom. The Kier molecular flexibility index (Phi) is 4.65. The van der Waals surface area contributed by atoms with E-state index in [-0.39, 0.29) is 11.3 Å². The minimum Gasteiger partial charge on any atom is -0.351 e. The van der Waals surface area contributed by atoms with Gasteiger partial charge < -0.3 is 10.6 Å². The Balaban J connectivity index is 1.86. The van der Waals surface area contributed by atoms with Crippen molar-refractivity contribution in [2.45, 2.75) is 50.0 Å². The van der Waals surface area contributed by atoms with Crippen LogP contribution in [-0.4, -0.2) is 25.0 Å². The van der Waals surface area contributed by atoms with E-state index < -0.39 is 0 Å². The summed E-state index contributed by atoms with van der Waals surface area (Å²) < 4.78 is 1.06. The Bertz CT molecular complexity index is 505. The van der Waals surface area contributed by atoms with Gasteiger partial charge in [0.15, 0.2) is 0 Å². The van der Waals surface area contributed by atoms with Crippen LogP contribution in [0.15, 0.2) is 28.7 Å². The van der Waals surface area contributed by atoms with Crippen LogP contribution in [0.25, 0.3) is 0 Å². The molecule has 1 aromatic rings. The van der Waals surface area contributed by atoms with Crippen LogP contribution in [0.2, 0.25) is 0 Å². The third kappa shape index (κ3) is 3.16. The normalized spacial score (nSPS) is 24.7. The zero-order valence-electron chi connectivity index (χ0n) is 12.3. The van der Waals surface area contributed by atoms with E-state index in [1.807, 2.05) is 12.1 Å². The fourth-order valence-corrected chi connectivity index (χ4v) is 4.09. The van der Waals surface area contributed by atoms with E-state index in [0.717, 1.165) is 49.7 Å². The maximum absolute atomic E-state index is 13.0. The van der Waals surface area contributed by atoms with E-state index in [9.17, 15) is 4.79 Å². The Labute approximate surface area is 135 Å². The maximum Gasteiger partial charge on any atom is 0.230 e. The monoisotopic (exact) mass is 350 g/mol. The molecule has 0 radical (unpaired) electrons. The largest absolute Gasteiger partial charge is 0.351 e. The van der Waals surface area contributed by atoms with Gasteiger partial charge in [0.25, 0.3) is 0 Å². The lowest BCUT2D eigenvalue weighted by Crippen LogP contribution is -2.49. The minimum atomic E-state index is -0.329. The molecule has 0 aromatic heterocycles. The number of benzene rings is 1. The summed E-state index contributed by atoms with van der Waals surface area (Å²) in [7, 11) is 0. The molecule has 21 heavy (non-hydrogen) atoms. The molecule has 3 nitrogen and oxygen atoms in total. The second-order valence-electron chi connectivity index (χ2n) is 6.32. The smallest absolute Gasteiger partial charge is 0.230 e. The van der Waals surface area contributed by atoms with Gasteiger partial charge in [-0.3, -0.25) is 4.79 Å². The van der Waals surface area contributed by atoms with Crippen LogP contribution < -0.4 is 10.6 Å². The van der Waals surface area contributed by atoms with Crippen molar-refractivity contribution in [3.05, 3.63) is 34.3 Å². The molecular weight excluding hydrogens is 328 g/mol. The lowest BCUT2D eigenvalue weighted by molar-refractivity contribution is -0.128. The molecule has 0 spiro atoms. The van der Waals surface area contributed by atoms with Crippen molar-refractivity contribution in [1.29, 1.82) is 0 Å². The fourth-order valence-electron chi connectivity index (χ4n) is 3.69. The van der Waals surface area contributed by atoms with Crippen LogP contribution in [0, 0.1) is 0 Å². The number of nitrogens with one attached hydrogen (secondary N) is 2. The first-order valence-electron chi connectivity index (χ1n) is 7.98. The molecule has 2 fully saturated rings. The van der Waals surface area contributed by atoms with Gasteiger partial charge in [-0.1, -0.05) is 47.3 Å². The molecular formula is C17H23BrN2O. The van der Waals surface area contributed by atoms with Crippen LogP contribution in [0.3, 0.4) is 0 Å². The number of carbonyl (C=O) groups is 1. The topological polar surface area (TPSA) is 41.1 Å². The summed E-state index contributed by atoms with van der Waals surface area (Å²) >= 11 is 3.55. The van der Waals surface area contributed by atoms with Crippen molar-refractivity contribution in [2.75, 3.05) is 13.1 Å². The van der Waals surface area contributed by atoms with Gasteiger partial charge in [-0.05, 0) is 43.5 Å². The molecule has 1 aliphatic heterocycles. The number of carbonyl (C=O) groups excluding carboxylic acids is 1. The second kappa shape index (κ2) is 6.49. The highest BCUT2D eigenvalue weighted by Gasteiger charge is 2.41. The van der Waals surface area contributed by atoms with Crippen LogP contribution >= 0.6 is 15.9 Å². The van der Waals surface area contributed by atoms with E-state index in [2.05, 4.69) is 38.7 Å². The van der Waals surface area contributed by atoms with Gasteiger partial charge >= 0.3 is 0 Å². The molecule has 114 valence electrons.